The van der Waals surface area contributed by atoms with Crippen molar-refractivity contribution in [1.82, 2.24) is 15.8 Å². The summed E-state index contributed by atoms with van der Waals surface area (Å²) in [6.45, 7) is 3.52. The van der Waals surface area contributed by atoms with Crippen molar-refractivity contribution in [2.45, 2.75) is 6.04 Å². The zero-order chi connectivity index (χ0) is 15.6. The predicted molar refractivity (Wildman–Crippen MR) is 88.7 cm³/mol. The Labute approximate surface area is 139 Å². The Kier molecular flexibility index (Phi) is 4.33. The monoisotopic (exact) mass is 335 g/mol. The number of hydrogen-bond acceptors (Lipinski definition) is 6. The predicted octanol–water partition coefficient (Wildman–Crippen LogP) is 0.798. The lowest BCUT2D eigenvalue weighted by Gasteiger charge is -2.30. The summed E-state index contributed by atoms with van der Waals surface area (Å²) in [7, 11) is 0. The first-order valence-electron chi connectivity index (χ1n) is 8.07. The molecule has 3 aliphatic rings. The Morgan fingerprint density at radius 3 is 2.78 bits per heavy atom. The van der Waals surface area contributed by atoms with Crippen molar-refractivity contribution >= 4 is 17.7 Å². The van der Waals surface area contributed by atoms with Crippen LogP contribution in [0.25, 0.3) is 0 Å². The molecule has 4 rings (SSSR count). The Morgan fingerprint density at radius 2 is 1.96 bits per heavy atom. The molecule has 1 aromatic rings. The Balaban J connectivity index is 1.54. The van der Waals surface area contributed by atoms with Crippen LogP contribution in [-0.4, -0.2) is 55.2 Å². The molecule has 0 bridgehead atoms. The average Bonchev–Trinajstić information content (AvgIpc) is 3.11. The van der Waals surface area contributed by atoms with E-state index in [1.807, 2.05) is 34.9 Å². The first kappa shape index (κ1) is 15.1. The van der Waals surface area contributed by atoms with Gasteiger partial charge in [0.2, 0.25) is 5.91 Å². The molecule has 3 heterocycles. The standard InChI is InChI=1S/C16H21N3O3S/c20-16(19-3-7-23-8-4-19)12-10-17-18-15(12)11-1-2-13-14(9-11)22-6-5-21-13/h1-2,9,12,15,17-18H,3-8,10H2. The molecule has 3 aliphatic heterocycles. The average molecular weight is 335 g/mol. The molecule has 0 aliphatic carbocycles. The van der Waals surface area contributed by atoms with E-state index in [1.165, 1.54) is 0 Å². The minimum Gasteiger partial charge on any atom is -0.486 e. The van der Waals surface area contributed by atoms with Gasteiger partial charge in [-0.2, -0.15) is 11.8 Å². The van der Waals surface area contributed by atoms with Crippen LogP contribution in [0.5, 0.6) is 11.5 Å². The van der Waals surface area contributed by atoms with Crippen molar-refractivity contribution in [2.24, 2.45) is 5.92 Å². The van der Waals surface area contributed by atoms with Crippen molar-refractivity contribution in [3.8, 4) is 11.5 Å². The molecule has 2 atom stereocenters. The van der Waals surface area contributed by atoms with Gasteiger partial charge in [0.05, 0.1) is 12.0 Å². The van der Waals surface area contributed by atoms with Gasteiger partial charge >= 0.3 is 0 Å². The van der Waals surface area contributed by atoms with Crippen molar-refractivity contribution < 1.29 is 14.3 Å². The fraction of sp³-hybridized carbons (Fsp3) is 0.562. The Morgan fingerprint density at radius 1 is 1.17 bits per heavy atom. The van der Waals surface area contributed by atoms with Gasteiger partial charge in [-0.15, -0.1) is 0 Å². The fourth-order valence-electron chi connectivity index (χ4n) is 3.31. The summed E-state index contributed by atoms with van der Waals surface area (Å²) in [6, 6.07) is 5.91. The highest BCUT2D eigenvalue weighted by Crippen LogP contribution is 2.35. The number of thioether (sulfide) groups is 1. The van der Waals surface area contributed by atoms with E-state index in [2.05, 4.69) is 10.9 Å². The van der Waals surface area contributed by atoms with Gasteiger partial charge in [0, 0.05) is 31.1 Å². The second kappa shape index (κ2) is 6.59. The zero-order valence-electron chi connectivity index (χ0n) is 12.9. The number of rotatable bonds is 2. The fourth-order valence-corrected chi connectivity index (χ4v) is 4.22. The maximum Gasteiger partial charge on any atom is 0.229 e. The van der Waals surface area contributed by atoms with Crippen LogP contribution >= 0.6 is 11.8 Å². The molecule has 0 aromatic heterocycles. The van der Waals surface area contributed by atoms with Crippen molar-refractivity contribution in [3.05, 3.63) is 23.8 Å². The SMILES string of the molecule is O=C(C1CNNC1c1ccc2c(c1)OCCO2)N1CCSCC1. The molecular weight excluding hydrogens is 314 g/mol. The lowest BCUT2D eigenvalue weighted by Crippen LogP contribution is -2.43. The zero-order valence-corrected chi connectivity index (χ0v) is 13.7. The third kappa shape index (κ3) is 3.00. The van der Waals surface area contributed by atoms with Gasteiger partial charge in [-0.25, -0.2) is 5.43 Å². The molecule has 2 N–H and O–H groups in total. The van der Waals surface area contributed by atoms with Gasteiger partial charge < -0.3 is 14.4 Å². The first-order chi connectivity index (χ1) is 11.3. The quantitative estimate of drug-likeness (QED) is 0.834. The lowest BCUT2D eigenvalue weighted by atomic mass is 9.93. The summed E-state index contributed by atoms with van der Waals surface area (Å²) in [4.78, 5) is 14.9. The molecule has 1 amide bonds. The van der Waals surface area contributed by atoms with Crippen molar-refractivity contribution in [3.63, 3.8) is 0 Å². The van der Waals surface area contributed by atoms with E-state index in [1.54, 1.807) is 0 Å². The van der Waals surface area contributed by atoms with E-state index in [9.17, 15) is 4.79 Å². The number of hydrazine groups is 1. The van der Waals surface area contributed by atoms with Crippen molar-refractivity contribution in [1.29, 1.82) is 0 Å². The lowest BCUT2D eigenvalue weighted by molar-refractivity contribution is -0.135. The summed E-state index contributed by atoms with van der Waals surface area (Å²) in [5.74, 6) is 3.77. The number of nitrogens with one attached hydrogen (secondary N) is 2. The number of benzene rings is 1. The van der Waals surface area contributed by atoms with Gasteiger partial charge in [0.25, 0.3) is 0 Å². The van der Waals surface area contributed by atoms with Gasteiger partial charge in [-0.3, -0.25) is 10.2 Å². The highest BCUT2D eigenvalue weighted by Gasteiger charge is 2.37. The summed E-state index contributed by atoms with van der Waals surface area (Å²) < 4.78 is 11.2. The highest BCUT2D eigenvalue weighted by atomic mass is 32.2. The van der Waals surface area contributed by atoms with Crippen LogP contribution in [0.1, 0.15) is 11.6 Å². The molecular formula is C16H21N3O3S. The molecule has 2 unspecified atom stereocenters. The smallest absolute Gasteiger partial charge is 0.229 e. The second-order valence-corrected chi connectivity index (χ2v) is 7.17. The second-order valence-electron chi connectivity index (χ2n) is 5.95. The normalized spacial score (nSPS) is 27.0. The van der Waals surface area contributed by atoms with Crippen LogP contribution in [0.2, 0.25) is 0 Å². The minimum absolute atomic E-state index is 0.0343. The van der Waals surface area contributed by atoms with E-state index < -0.39 is 0 Å². The number of amides is 1. The summed E-state index contributed by atoms with van der Waals surface area (Å²) >= 11 is 1.92. The van der Waals surface area contributed by atoms with Gasteiger partial charge in [0.1, 0.15) is 13.2 Å². The van der Waals surface area contributed by atoms with E-state index in [0.717, 1.165) is 41.7 Å². The molecule has 0 radical (unpaired) electrons. The molecule has 6 nitrogen and oxygen atoms in total. The molecule has 0 saturated carbocycles. The molecule has 0 spiro atoms. The highest BCUT2D eigenvalue weighted by molar-refractivity contribution is 7.99. The van der Waals surface area contributed by atoms with Gasteiger partial charge in [-0.1, -0.05) is 6.07 Å². The molecule has 2 fully saturated rings. The maximum atomic E-state index is 12.9. The number of fused-ring (bicyclic) bond motifs is 1. The van der Waals surface area contributed by atoms with Crippen LogP contribution in [0.4, 0.5) is 0 Å². The Hall–Kier alpha value is -1.44. The van der Waals surface area contributed by atoms with Crippen LogP contribution in [0, 0.1) is 5.92 Å². The Bertz CT molecular complexity index is 592. The number of hydrogen-bond donors (Lipinski definition) is 2. The van der Waals surface area contributed by atoms with Crippen LogP contribution in [0.3, 0.4) is 0 Å². The molecule has 2 saturated heterocycles. The van der Waals surface area contributed by atoms with Crippen LogP contribution < -0.4 is 20.3 Å². The maximum absolute atomic E-state index is 12.9. The number of carbonyl (C=O) groups excluding carboxylic acids is 1. The molecule has 7 heteroatoms. The largest absolute Gasteiger partial charge is 0.486 e. The molecule has 124 valence electrons. The van der Waals surface area contributed by atoms with Gasteiger partial charge in [0.15, 0.2) is 11.5 Å². The summed E-state index contributed by atoms with van der Waals surface area (Å²) in [5, 5.41) is 0. The summed E-state index contributed by atoms with van der Waals surface area (Å²) in [6.07, 6.45) is 0. The van der Waals surface area contributed by atoms with Crippen LogP contribution in [-0.2, 0) is 4.79 Å². The van der Waals surface area contributed by atoms with Crippen LogP contribution in [0.15, 0.2) is 18.2 Å². The number of nitrogens with zero attached hydrogens (tertiary/aromatic N) is 1. The third-order valence-corrected chi connectivity index (χ3v) is 5.49. The minimum atomic E-state index is -0.0827. The number of carbonyl (C=O) groups is 1. The van der Waals surface area contributed by atoms with E-state index in [-0.39, 0.29) is 17.9 Å². The number of ether oxygens (including phenoxy) is 2. The first-order valence-corrected chi connectivity index (χ1v) is 9.23. The topological polar surface area (TPSA) is 62.8 Å². The van der Waals surface area contributed by atoms with E-state index >= 15 is 0 Å². The van der Waals surface area contributed by atoms with E-state index in [4.69, 9.17) is 9.47 Å². The third-order valence-electron chi connectivity index (χ3n) is 4.55. The summed E-state index contributed by atoms with van der Waals surface area (Å²) in [5.41, 5.74) is 7.46. The molecule has 1 aromatic carbocycles. The van der Waals surface area contributed by atoms with Crippen molar-refractivity contribution in [2.75, 3.05) is 44.4 Å². The van der Waals surface area contributed by atoms with Gasteiger partial charge in [-0.05, 0) is 17.7 Å². The van der Waals surface area contributed by atoms with E-state index in [0.29, 0.717) is 19.8 Å². The molecule has 23 heavy (non-hydrogen) atoms.